The maximum absolute atomic E-state index is 13.3. The lowest BCUT2D eigenvalue weighted by molar-refractivity contribution is -0.163. The van der Waals surface area contributed by atoms with E-state index in [1.807, 2.05) is 19.1 Å². The van der Waals surface area contributed by atoms with Crippen molar-refractivity contribution in [3.8, 4) is 0 Å². The summed E-state index contributed by atoms with van der Waals surface area (Å²) in [4.78, 5) is 28.1. The molecule has 1 saturated heterocycles. The average molecular weight is 557 g/mol. The van der Waals surface area contributed by atoms with Gasteiger partial charge in [0.25, 0.3) is 0 Å². The zero-order valence-electron chi connectivity index (χ0n) is 22.8. The normalized spacial score (nSPS) is 20.6. The first-order valence-electron chi connectivity index (χ1n) is 12.2. The van der Waals surface area contributed by atoms with Crippen molar-refractivity contribution in [2.45, 2.75) is 67.1 Å². The molecule has 2 aromatic heterocycles. The molecule has 1 aliphatic heterocycles. The van der Waals surface area contributed by atoms with Crippen LogP contribution in [0.5, 0.6) is 0 Å². The minimum Gasteiger partial charge on any atom is -0.437 e. The minimum atomic E-state index is -4.31. The van der Waals surface area contributed by atoms with Gasteiger partial charge >= 0.3 is 19.8 Å². The minimum absolute atomic E-state index is 0.0691. The van der Waals surface area contributed by atoms with Gasteiger partial charge in [-0.15, -0.1) is 0 Å². The summed E-state index contributed by atoms with van der Waals surface area (Å²) in [5, 5.41) is 4.27. The van der Waals surface area contributed by atoms with Crippen LogP contribution < -0.4 is 5.73 Å². The Kier molecular flexibility index (Phi) is 9.20. The number of carbonyl (C=O) groups excluding carboxylic acids is 2. The largest absolute Gasteiger partial charge is 0.480 e. The van der Waals surface area contributed by atoms with Crippen molar-refractivity contribution in [1.82, 2.24) is 14.6 Å². The highest BCUT2D eigenvalue weighted by Gasteiger charge is 2.38. The van der Waals surface area contributed by atoms with Crippen molar-refractivity contribution in [3.63, 3.8) is 0 Å². The number of phosphoric acid groups is 1. The third-order valence-corrected chi connectivity index (χ3v) is 7.05. The Morgan fingerprint density at radius 2 is 1.63 bits per heavy atom. The fourth-order valence-corrected chi connectivity index (χ4v) is 4.54. The smallest absolute Gasteiger partial charge is 0.437 e. The second kappa shape index (κ2) is 11.7. The Bertz CT molecular complexity index is 1150. The Morgan fingerprint density at radius 3 is 2.18 bits per heavy atom. The molecular formula is C24H37N4O9P. The number of ether oxygens (including phenoxy) is 3. The number of fused-ring (bicyclic) bond motifs is 1. The molecule has 14 heteroatoms. The molecule has 0 aromatic carbocycles. The van der Waals surface area contributed by atoms with Crippen LogP contribution in [-0.2, 0) is 41.9 Å². The van der Waals surface area contributed by atoms with Crippen LogP contribution in [0.25, 0.3) is 5.52 Å². The molecule has 3 unspecified atom stereocenters. The van der Waals surface area contributed by atoms with E-state index in [1.165, 1.54) is 6.33 Å². The number of aromatic nitrogens is 3. The number of esters is 2. The molecule has 0 aliphatic carbocycles. The van der Waals surface area contributed by atoms with E-state index in [-0.39, 0.29) is 18.6 Å². The van der Waals surface area contributed by atoms with Gasteiger partial charge in [0.15, 0.2) is 5.82 Å². The molecule has 0 radical (unpaired) electrons. The quantitative estimate of drug-likeness (QED) is 0.254. The van der Waals surface area contributed by atoms with Crippen LogP contribution in [0.4, 0.5) is 5.82 Å². The van der Waals surface area contributed by atoms with Gasteiger partial charge in [-0.05, 0) is 66.0 Å². The summed E-state index contributed by atoms with van der Waals surface area (Å²) in [7, 11) is -4.31. The predicted octanol–water partition coefficient (Wildman–Crippen LogP) is 4.03. The van der Waals surface area contributed by atoms with Gasteiger partial charge in [-0.1, -0.05) is 6.92 Å². The second-order valence-corrected chi connectivity index (χ2v) is 12.9. The van der Waals surface area contributed by atoms with Gasteiger partial charge in [0.1, 0.15) is 17.9 Å². The van der Waals surface area contributed by atoms with Crippen LogP contribution in [0.15, 0.2) is 18.5 Å². The van der Waals surface area contributed by atoms with Gasteiger partial charge in [-0.25, -0.2) is 23.1 Å². The summed E-state index contributed by atoms with van der Waals surface area (Å²) in [6, 6.07) is 3.69. The summed E-state index contributed by atoms with van der Waals surface area (Å²) in [5.74, 6) is -0.711. The third kappa shape index (κ3) is 7.51. The summed E-state index contributed by atoms with van der Waals surface area (Å²) in [6.07, 6.45) is 1.16. The number of phosphoric ester groups is 1. The SMILES string of the molecule is CC1CC(COP(=O)(OCOC(=O)C(C)(C)C)OCOC(=O)C(C)(C)C)OC1c1ccc2c(N)ncnn12. The summed E-state index contributed by atoms with van der Waals surface area (Å²) in [6.45, 7) is 10.5. The predicted molar refractivity (Wildman–Crippen MR) is 135 cm³/mol. The second-order valence-electron chi connectivity index (χ2n) is 11.2. The summed E-state index contributed by atoms with van der Waals surface area (Å²) in [5.41, 5.74) is 5.81. The van der Waals surface area contributed by atoms with Gasteiger partial charge in [0.2, 0.25) is 13.6 Å². The molecule has 38 heavy (non-hydrogen) atoms. The van der Waals surface area contributed by atoms with Crippen molar-refractivity contribution in [1.29, 1.82) is 0 Å². The third-order valence-electron chi connectivity index (χ3n) is 5.74. The lowest BCUT2D eigenvalue weighted by atomic mass is 9.98. The summed E-state index contributed by atoms with van der Waals surface area (Å²) >= 11 is 0. The van der Waals surface area contributed by atoms with E-state index < -0.39 is 50.3 Å². The summed E-state index contributed by atoms with van der Waals surface area (Å²) < 4.78 is 47.2. The molecule has 13 nitrogen and oxygen atoms in total. The maximum Gasteiger partial charge on any atom is 0.480 e. The lowest BCUT2D eigenvalue weighted by Gasteiger charge is -2.22. The first-order chi connectivity index (χ1) is 17.6. The van der Waals surface area contributed by atoms with Crippen molar-refractivity contribution in [3.05, 3.63) is 24.2 Å². The molecule has 3 atom stereocenters. The monoisotopic (exact) mass is 556 g/mol. The lowest BCUT2D eigenvalue weighted by Crippen LogP contribution is -2.25. The number of nitrogen functional groups attached to an aromatic ring is 1. The first-order valence-corrected chi connectivity index (χ1v) is 13.7. The van der Waals surface area contributed by atoms with Gasteiger partial charge in [-0.3, -0.25) is 14.1 Å². The molecule has 2 N–H and O–H groups in total. The fourth-order valence-electron chi connectivity index (χ4n) is 3.60. The van der Waals surface area contributed by atoms with Crippen LogP contribution in [0.1, 0.15) is 66.7 Å². The topological polar surface area (TPSA) is 163 Å². The number of anilines is 1. The molecule has 3 heterocycles. The molecule has 3 rings (SSSR count). The van der Waals surface area contributed by atoms with Gasteiger partial charge < -0.3 is 19.9 Å². The standard InChI is InChI=1S/C24H37N4O9P/c1-15-10-16(37-19(15)17-8-9-18-20(25)26-12-27-28(17)18)11-34-38(31,35-13-32-21(29)23(2,3)4)36-14-33-22(30)24(5,6)7/h8-9,12,15-16,19H,10-11,13-14H2,1-7H3,(H2,25,26,27). The van der Waals surface area contributed by atoms with E-state index in [2.05, 4.69) is 10.1 Å². The number of hydrogen-bond acceptors (Lipinski definition) is 12. The molecule has 0 bridgehead atoms. The van der Waals surface area contributed by atoms with Gasteiger partial charge in [0, 0.05) is 0 Å². The highest BCUT2D eigenvalue weighted by molar-refractivity contribution is 7.48. The Hall–Kier alpha value is -2.57. The van der Waals surface area contributed by atoms with Crippen molar-refractivity contribution in [2.24, 2.45) is 16.7 Å². The molecule has 0 amide bonds. The van der Waals surface area contributed by atoms with E-state index in [4.69, 9.17) is 33.5 Å². The van der Waals surface area contributed by atoms with Crippen molar-refractivity contribution >= 4 is 31.1 Å². The van der Waals surface area contributed by atoms with Gasteiger partial charge in [-0.2, -0.15) is 5.10 Å². The molecule has 2 aromatic rings. The van der Waals surface area contributed by atoms with Crippen molar-refractivity contribution in [2.75, 3.05) is 25.9 Å². The number of rotatable bonds is 10. The molecule has 1 aliphatic rings. The molecule has 0 saturated carbocycles. The highest BCUT2D eigenvalue weighted by Crippen LogP contribution is 2.50. The molecule has 212 valence electrons. The van der Waals surface area contributed by atoms with E-state index >= 15 is 0 Å². The number of hydrogen-bond donors (Lipinski definition) is 1. The zero-order chi connectivity index (χ0) is 28.3. The van der Waals surface area contributed by atoms with Crippen LogP contribution in [0.2, 0.25) is 0 Å². The van der Waals surface area contributed by atoms with E-state index in [9.17, 15) is 14.2 Å². The fraction of sp³-hybridized carbons (Fsp3) is 0.667. The Balaban J connectivity index is 1.64. The highest BCUT2D eigenvalue weighted by atomic mass is 31.2. The van der Waals surface area contributed by atoms with Crippen LogP contribution in [-0.4, -0.2) is 52.8 Å². The van der Waals surface area contributed by atoms with Gasteiger partial charge in [0.05, 0.1) is 29.2 Å². The zero-order valence-corrected chi connectivity index (χ0v) is 23.7. The number of carbonyl (C=O) groups is 2. The Labute approximate surface area is 221 Å². The number of nitrogens with zero attached hydrogens (tertiary/aromatic N) is 3. The average Bonchev–Trinajstić information content (AvgIpc) is 3.40. The van der Waals surface area contributed by atoms with Crippen LogP contribution in [0, 0.1) is 16.7 Å². The molecule has 1 fully saturated rings. The molecule has 0 spiro atoms. The maximum atomic E-state index is 13.3. The van der Waals surface area contributed by atoms with Crippen LogP contribution >= 0.6 is 7.82 Å². The first kappa shape index (κ1) is 30.0. The molecular weight excluding hydrogens is 519 g/mol. The van der Waals surface area contributed by atoms with Crippen LogP contribution in [0.3, 0.4) is 0 Å². The van der Waals surface area contributed by atoms with Crippen molar-refractivity contribution < 1.29 is 41.9 Å². The number of nitrogens with two attached hydrogens (primary N) is 1. The van der Waals surface area contributed by atoms with E-state index in [0.717, 1.165) is 5.69 Å². The van der Waals surface area contributed by atoms with E-state index in [1.54, 1.807) is 46.1 Å². The van der Waals surface area contributed by atoms with E-state index in [0.29, 0.717) is 17.8 Å². The Morgan fingerprint density at radius 1 is 1.05 bits per heavy atom.